The van der Waals surface area contributed by atoms with Crippen LogP contribution in [0.5, 0.6) is 0 Å². The minimum Gasteiger partial charge on any atom is -0.481 e. The zero-order valence-electron chi connectivity index (χ0n) is 21.7. The van der Waals surface area contributed by atoms with Gasteiger partial charge in [-0.15, -0.1) is 0 Å². The average Bonchev–Trinajstić information content (AvgIpc) is 3.31. The summed E-state index contributed by atoms with van der Waals surface area (Å²) in [6.45, 7) is 0.421. The lowest BCUT2D eigenvalue weighted by Gasteiger charge is -2.40. The summed E-state index contributed by atoms with van der Waals surface area (Å²) in [5.41, 5.74) is 6.13. The Kier molecular flexibility index (Phi) is 6.78. The molecule has 2 amide bonds. The number of ether oxygens (including phenoxy) is 1. The number of carboxylic acids is 1. The fourth-order valence-electron chi connectivity index (χ4n) is 6.05. The van der Waals surface area contributed by atoms with E-state index in [2.05, 4.69) is 29.6 Å². The quantitative estimate of drug-likeness (QED) is 0.324. The van der Waals surface area contributed by atoms with Gasteiger partial charge in [-0.2, -0.15) is 0 Å². The molecular weight excluding hydrogens is 504 g/mol. The fraction of sp³-hybridized carbons (Fsp3) is 0.182. The van der Waals surface area contributed by atoms with Crippen LogP contribution in [-0.4, -0.2) is 47.7 Å². The second-order valence-corrected chi connectivity index (χ2v) is 10.0. The predicted molar refractivity (Wildman–Crippen MR) is 150 cm³/mol. The molecule has 6 rings (SSSR count). The van der Waals surface area contributed by atoms with E-state index in [1.54, 1.807) is 29.2 Å². The number of alkyl carbamates (subject to hydrolysis) is 1. The highest BCUT2D eigenvalue weighted by Gasteiger charge is 2.44. The lowest BCUT2D eigenvalue weighted by atomic mass is 9.80. The van der Waals surface area contributed by atoms with Gasteiger partial charge in [0.2, 0.25) is 0 Å². The van der Waals surface area contributed by atoms with Crippen molar-refractivity contribution in [3.63, 3.8) is 0 Å². The van der Waals surface area contributed by atoms with Gasteiger partial charge in [-0.3, -0.25) is 9.59 Å². The molecule has 0 unspecified atom stereocenters. The van der Waals surface area contributed by atoms with Crippen LogP contribution in [0.25, 0.3) is 11.1 Å². The maximum atomic E-state index is 13.6. The third kappa shape index (κ3) is 4.49. The Bertz CT molecular complexity index is 1540. The van der Waals surface area contributed by atoms with Crippen molar-refractivity contribution in [2.24, 2.45) is 0 Å². The average molecular weight is 533 g/mol. The van der Waals surface area contributed by atoms with Crippen molar-refractivity contribution in [3.8, 4) is 11.1 Å². The lowest BCUT2D eigenvalue weighted by Crippen LogP contribution is -2.47. The topological polar surface area (TPSA) is 95.9 Å². The molecule has 0 saturated carbocycles. The molecule has 2 atom stereocenters. The summed E-state index contributed by atoms with van der Waals surface area (Å²) in [6.07, 6.45) is -0.585. The molecule has 7 heteroatoms. The molecular formula is C33H28N2O5. The van der Waals surface area contributed by atoms with Crippen molar-refractivity contribution in [3.05, 3.63) is 131 Å². The van der Waals surface area contributed by atoms with Crippen LogP contribution in [0.3, 0.4) is 0 Å². The molecule has 40 heavy (non-hydrogen) atoms. The molecule has 0 aromatic heterocycles. The van der Waals surface area contributed by atoms with Gasteiger partial charge in [-0.25, -0.2) is 4.79 Å². The van der Waals surface area contributed by atoms with Gasteiger partial charge in [-0.05, 0) is 39.4 Å². The molecule has 0 saturated heterocycles. The van der Waals surface area contributed by atoms with Crippen LogP contribution < -0.4 is 5.32 Å². The van der Waals surface area contributed by atoms with E-state index in [1.807, 2.05) is 54.6 Å². The molecule has 2 N–H and O–H groups in total. The number of carbonyl (C=O) groups is 3. The van der Waals surface area contributed by atoms with Crippen LogP contribution in [0.15, 0.2) is 103 Å². The standard InChI is InChI=1S/C33H28N2O5/c36-31-27-17-9-8-16-26(27)29(32(37)38)30(21-10-2-1-3-11-21)35(31)19-18-34-33(39)40-20-28-24-14-6-4-12-22(24)23-13-5-7-15-25(23)28/h1-17,28-30H,18-20H2,(H,34,39)(H,37,38)/t29-,30+/m0/s1. The highest BCUT2D eigenvalue weighted by atomic mass is 16.5. The van der Waals surface area contributed by atoms with E-state index in [9.17, 15) is 19.5 Å². The third-order valence-electron chi connectivity index (χ3n) is 7.81. The zero-order chi connectivity index (χ0) is 27.6. The first kappa shape index (κ1) is 25.4. The summed E-state index contributed by atoms with van der Waals surface area (Å²) in [6, 6.07) is 31.5. The molecule has 0 fully saturated rings. The third-order valence-corrected chi connectivity index (χ3v) is 7.81. The predicted octanol–water partition coefficient (Wildman–Crippen LogP) is 5.59. The number of fused-ring (bicyclic) bond motifs is 4. The van der Waals surface area contributed by atoms with Crippen LogP contribution in [0, 0.1) is 0 Å². The number of hydrogen-bond acceptors (Lipinski definition) is 4. The minimum atomic E-state index is -1.01. The largest absolute Gasteiger partial charge is 0.481 e. The van der Waals surface area contributed by atoms with E-state index in [0.717, 1.165) is 27.8 Å². The second-order valence-electron chi connectivity index (χ2n) is 10.0. The van der Waals surface area contributed by atoms with Gasteiger partial charge in [0.15, 0.2) is 0 Å². The summed E-state index contributed by atoms with van der Waals surface area (Å²) in [7, 11) is 0. The lowest BCUT2D eigenvalue weighted by molar-refractivity contribution is -0.140. The number of benzene rings is 4. The van der Waals surface area contributed by atoms with Gasteiger partial charge in [0, 0.05) is 24.6 Å². The summed E-state index contributed by atoms with van der Waals surface area (Å²) in [5.74, 6) is -2.28. The fourth-order valence-corrected chi connectivity index (χ4v) is 6.05. The summed E-state index contributed by atoms with van der Waals surface area (Å²) < 4.78 is 5.64. The SMILES string of the molecule is O=C(NCCN1C(=O)c2ccccc2[C@H](C(=O)O)[C@H]1c1ccccc1)OCC1c2ccccc2-c2ccccc21. The van der Waals surface area contributed by atoms with Crippen molar-refractivity contribution < 1.29 is 24.2 Å². The minimum absolute atomic E-state index is 0.0582. The molecule has 0 radical (unpaired) electrons. The number of carbonyl (C=O) groups excluding carboxylic acids is 2. The molecule has 4 aromatic carbocycles. The van der Waals surface area contributed by atoms with E-state index >= 15 is 0 Å². The molecule has 200 valence electrons. The van der Waals surface area contributed by atoms with E-state index in [0.29, 0.717) is 11.1 Å². The Hall–Kier alpha value is -4.91. The second kappa shape index (κ2) is 10.7. The van der Waals surface area contributed by atoms with Crippen LogP contribution in [0.1, 0.15) is 50.5 Å². The zero-order valence-corrected chi connectivity index (χ0v) is 21.7. The van der Waals surface area contributed by atoms with Crippen LogP contribution >= 0.6 is 0 Å². The Morgan fingerprint density at radius 2 is 1.30 bits per heavy atom. The van der Waals surface area contributed by atoms with Crippen LogP contribution in [0.2, 0.25) is 0 Å². The highest BCUT2D eigenvalue weighted by Crippen LogP contribution is 2.45. The molecule has 1 aliphatic carbocycles. The van der Waals surface area contributed by atoms with E-state index in [-0.39, 0.29) is 31.5 Å². The molecule has 1 heterocycles. The normalized spacial score (nSPS) is 17.5. The Labute approximate surface area is 232 Å². The van der Waals surface area contributed by atoms with Gasteiger partial charge >= 0.3 is 12.1 Å². The number of aliphatic carboxylic acids is 1. The van der Waals surface area contributed by atoms with Crippen molar-refractivity contribution in [2.45, 2.75) is 17.9 Å². The Morgan fingerprint density at radius 1 is 0.750 bits per heavy atom. The van der Waals surface area contributed by atoms with Gasteiger partial charge in [0.05, 0.1) is 6.04 Å². The first-order chi connectivity index (χ1) is 19.5. The molecule has 2 aliphatic rings. The summed E-state index contributed by atoms with van der Waals surface area (Å²) in [5, 5.41) is 13.0. The molecule has 0 bridgehead atoms. The van der Waals surface area contributed by atoms with Crippen molar-refractivity contribution in [2.75, 3.05) is 19.7 Å². The number of carboxylic acid groups (broad SMARTS) is 1. The molecule has 1 aliphatic heterocycles. The summed E-state index contributed by atoms with van der Waals surface area (Å²) in [4.78, 5) is 40.3. The molecule has 4 aromatic rings. The highest BCUT2D eigenvalue weighted by molar-refractivity contribution is 6.00. The molecule has 0 spiro atoms. The smallest absolute Gasteiger partial charge is 0.407 e. The van der Waals surface area contributed by atoms with Crippen LogP contribution in [-0.2, 0) is 9.53 Å². The van der Waals surface area contributed by atoms with E-state index in [1.165, 1.54) is 0 Å². The first-order valence-corrected chi connectivity index (χ1v) is 13.3. The number of amides is 2. The van der Waals surface area contributed by atoms with Gasteiger partial charge < -0.3 is 20.1 Å². The summed E-state index contributed by atoms with van der Waals surface area (Å²) >= 11 is 0. The number of hydrogen-bond donors (Lipinski definition) is 2. The van der Waals surface area contributed by atoms with Gasteiger partial charge in [0.25, 0.3) is 5.91 Å². The number of rotatable bonds is 7. The van der Waals surface area contributed by atoms with E-state index < -0.39 is 24.0 Å². The number of nitrogens with one attached hydrogen (secondary N) is 1. The van der Waals surface area contributed by atoms with Gasteiger partial charge in [0.1, 0.15) is 12.5 Å². The first-order valence-electron chi connectivity index (χ1n) is 13.3. The number of nitrogens with zero attached hydrogens (tertiary/aromatic N) is 1. The maximum Gasteiger partial charge on any atom is 0.407 e. The Balaban J connectivity index is 1.16. The van der Waals surface area contributed by atoms with Crippen LogP contribution in [0.4, 0.5) is 4.79 Å². The van der Waals surface area contributed by atoms with Crippen molar-refractivity contribution in [1.82, 2.24) is 10.2 Å². The van der Waals surface area contributed by atoms with Crippen molar-refractivity contribution in [1.29, 1.82) is 0 Å². The van der Waals surface area contributed by atoms with E-state index in [4.69, 9.17) is 4.74 Å². The van der Waals surface area contributed by atoms with Gasteiger partial charge in [-0.1, -0.05) is 97.1 Å². The maximum absolute atomic E-state index is 13.6. The molecule has 7 nitrogen and oxygen atoms in total. The monoisotopic (exact) mass is 532 g/mol. The Morgan fingerprint density at radius 3 is 1.93 bits per heavy atom. The van der Waals surface area contributed by atoms with Crippen molar-refractivity contribution >= 4 is 18.0 Å².